The molecule has 0 saturated carbocycles. The third-order valence-corrected chi connectivity index (χ3v) is 2.42. The Morgan fingerprint density at radius 1 is 1.15 bits per heavy atom. The zero-order chi connectivity index (χ0) is 9.84. The lowest BCUT2D eigenvalue weighted by atomic mass is 9.88. The second-order valence-corrected chi connectivity index (χ2v) is 3.75. The van der Waals surface area contributed by atoms with Gasteiger partial charge in [-0.15, -0.1) is 0 Å². The summed E-state index contributed by atoms with van der Waals surface area (Å²) in [6, 6.07) is 7.99. The molecule has 1 rings (SSSR count). The van der Waals surface area contributed by atoms with Gasteiger partial charge in [0.25, 0.3) is 0 Å². The minimum absolute atomic E-state index is 0.445. The van der Waals surface area contributed by atoms with Gasteiger partial charge in [-0.05, 0) is 36.1 Å². The Balaban J connectivity index is 2.86. The molecule has 0 heterocycles. The SMILES string of the molecule is CC(C)C(CN)c1ccc(N)cc1. The number of benzene rings is 1. The van der Waals surface area contributed by atoms with Crippen molar-refractivity contribution in [1.82, 2.24) is 0 Å². The van der Waals surface area contributed by atoms with Crippen LogP contribution in [-0.4, -0.2) is 6.54 Å². The van der Waals surface area contributed by atoms with E-state index in [0.29, 0.717) is 18.4 Å². The molecular weight excluding hydrogens is 160 g/mol. The summed E-state index contributed by atoms with van der Waals surface area (Å²) in [6.45, 7) is 5.07. The minimum Gasteiger partial charge on any atom is -0.399 e. The molecule has 0 aromatic heterocycles. The summed E-state index contributed by atoms with van der Waals surface area (Å²) in [6.07, 6.45) is 0. The maximum Gasteiger partial charge on any atom is 0.0314 e. The lowest BCUT2D eigenvalue weighted by Gasteiger charge is -2.19. The van der Waals surface area contributed by atoms with Crippen molar-refractivity contribution < 1.29 is 0 Å². The summed E-state index contributed by atoms with van der Waals surface area (Å²) in [4.78, 5) is 0. The van der Waals surface area contributed by atoms with Crippen LogP contribution in [0, 0.1) is 5.92 Å². The number of nitrogens with two attached hydrogens (primary N) is 2. The molecule has 0 radical (unpaired) electrons. The molecule has 1 unspecified atom stereocenters. The molecule has 4 N–H and O–H groups in total. The van der Waals surface area contributed by atoms with Gasteiger partial charge in [0.15, 0.2) is 0 Å². The fourth-order valence-electron chi connectivity index (χ4n) is 1.54. The Morgan fingerprint density at radius 2 is 1.69 bits per heavy atom. The first-order chi connectivity index (χ1) is 6.15. The normalized spacial score (nSPS) is 13.2. The van der Waals surface area contributed by atoms with Crippen molar-refractivity contribution in [2.75, 3.05) is 12.3 Å². The molecule has 1 aromatic rings. The van der Waals surface area contributed by atoms with Gasteiger partial charge in [0.2, 0.25) is 0 Å². The van der Waals surface area contributed by atoms with E-state index >= 15 is 0 Å². The second-order valence-electron chi connectivity index (χ2n) is 3.75. The fourth-order valence-corrected chi connectivity index (χ4v) is 1.54. The maximum absolute atomic E-state index is 5.71. The van der Waals surface area contributed by atoms with E-state index in [-0.39, 0.29) is 0 Å². The van der Waals surface area contributed by atoms with Crippen LogP contribution in [0.2, 0.25) is 0 Å². The van der Waals surface area contributed by atoms with Crippen LogP contribution in [0.3, 0.4) is 0 Å². The summed E-state index contributed by atoms with van der Waals surface area (Å²) in [5.41, 5.74) is 13.4. The Labute approximate surface area is 79.9 Å². The van der Waals surface area contributed by atoms with Gasteiger partial charge in [0.1, 0.15) is 0 Å². The van der Waals surface area contributed by atoms with Crippen LogP contribution in [0.1, 0.15) is 25.3 Å². The molecule has 1 aromatic carbocycles. The molecule has 13 heavy (non-hydrogen) atoms. The van der Waals surface area contributed by atoms with Crippen molar-refractivity contribution in [2.45, 2.75) is 19.8 Å². The molecule has 2 heteroatoms. The Morgan fingerprint density at radius 3 is 2.08 bits per heavy atom. The van der Waals surface area contributed by atoms with Crippen LogP contribution in [-0.2, 0) is 0 Å². The van der Waals surface area contributed by atoms with E-state index in [2.05, 4.69) is 26.0 Å². The van der Waals surface area contributed by atoms with Crippen molar-refractivity contribution in [3.05, 3.63) is 29.8 Å². The number of hydrogen-bond donors (Lipinski definition) is 2. The quantitative estimate of drug-likeness (QED) is 0.695. The van der Waals surface area contributed by atoms with Crippen molar-refractivity contribution in [2.24, 2.45) is 11.7 Å². The van der Waals surface area contributed by atoms with E-state index in [0.717, 1.165) is 5.69 Å². The third-order valence-electron chi connectivity index (χ3n) is 2.42. The smallest absolute Gasteiger partial charge is 0.0314 e. The molecule has 0 spiro atoms. The molecular formula is C11H18N2. The Kier molecular flexibility index (Phi) is 3.32. The van der Waals surface area contributed by atoms with E-state index in [1.165, 1.54) is 5.56 Å². The van der Waals surface area contributed by atoms with Gasteiger partial charge in [-0.3, -0.25) is 0 Å². The van der Waals surface area contributed by atoms with Crippen molar-refractivity contribution in [3.63, 3.8) is 0 Å². The molecule has 1 atom stereocenters. The highest BCUT2D eigenvalue weighted by molar-refractivity contribution is 5.40. The standard InChI is InChI=1S/C11H18N2/c1-8(2)11(7-12)9-3-5-10(13)6-4-9/h3-6,8,11H,7,12-13H2,1-2H3. The molecule has 0 amide bonds. The summed E-state index contributed by atoms with van der Waals surface area (Å²) >= 11 is 0. The number of rotatable bonds is 3. The Hall–Kier alpha value is -1.02. The topological polar surface area (TPSA) is 52.0 Å². The zero-order valence-electron chi connectivity index (χ0n) is 8.33. The molecule has 0 bridgehead atoms. The third kappa shape index (κ3) is 2.46. The van der Waals surface area contributed by atoms with Gasteiger partial charge in [0.05, 0.1) is 0 Å². The van der Waals surface area contributed by atoms with Crippen LogP contribution in [0.25, 0.3) is 0 Å². The van der Waals surface area contributed by atoms with Gasteiger partial charge in [0, 0.05) is 5.69 Å². The predicted octanol–water partition coefficient (Wildman–Crippen LogP) is 1.97. The largest absolute Gasteiger partial charge is 0.399 e. The first-order valence-electron chi connectivity index (χ1n) is 4.70. The van der Waals surface area contributed by atoms with Crippen molar-refractivity contribution >= 4 is 5.69 Å². The summed E-state index contributed by atoms with van der Waals surface area (Å²) < 4.78 is 0. The highest BCUT2D eigenvalue weighted by Gasteiger charge is 2.12. The van der Waals surface area contributed by atoms with E-state index < -0.39 is 0 Å². The minimum atomic E-state index is 0.445. The number of anilines is 1. The van der Waals surface area contributed by atoms with E-state index in [1.54, 1.807) is 0 Å². The molecule has 0 saturated heterocycles. The number of nitrogen functional groups attached to an aromatic ring is 1. The average molecular weight is 178 g/mol. The molecule has 0 aliphatic carbocycles. The maximum atomic E-state index is 5.71. The van der Waals surface area contributed by atoms with Crippen LogP contribution in [0.15, 0.2) is 24.3 Å². The molecule has 0 aliphatic heterocycles. The molecule has 72 valence electrons. The van der Waals surface area contributed by atoms with Crippen LogP contribution in [0.5, 0.6) is 0 Å². The van der Waals surface area contributed by atoms with Gasteiger partial charge < -0.3 is 11.5 Å². The Bertz CT molecular complexity index is 251. The zero-order valence-corrected chi connectivity index (χ0v) is 8.33. The average Bonchev–Trinajstić information content (AvgIpc) is 2.09. The first-order valence-corrected chi connectivity index (χ1v) is 4.70. The van der Waals surface area contributed by atoms with Gasteiger partial charge >= 0.3 is 0 Å². The number of hydrogen-bond acceptors (Lipinski definition) is 2. The van der Waals surface area contributed by atoms with E-state index in [9.17, 15) is 0 Å². The molecule has 2 nitrogen and oxygen atoms in total. The highest BCUT2D eigenvalue weighted by Crippen LogP contribution is 2.23. The van der Waals surface area contributed by atoms with Crippen LogP contribution >= 0.6 is 0 Å². The van der Waals surface area contributed by atoms with Gasteiger partial charge in [-0.2, -0.15) is 0 Å². The molecule has 0 fully saturated rings. The lowest BCUT2D eigenvalue weighted by molar-refractivity contribution is 0.506. The van der Waals surface area contributed by atoms with Crippen molar-refractivity contribution in [3.8, 4) is 0 Å². The first kappa shape index (κ1) is 10.1. The van der Waals surface area contributed by atoms with Gasteiger partial charge in [-0.1, -0.05) is 26.0 Å². The monoisotopic (exact) mass is 178 g/mol. The van der Waals surface area contributed by atoms with E-state index in [4.69, 9.17) is 11.5 Å². The highest BCUT2D eigenvalue weighted by atomic mass is 14.6. The van der Waals surface area contributed by atoms with Crippen LogP contribution in [0.4, 0.5) is 5.69 Å². The predicted molar refractivity (Wildman–Crippen MR) is 57.5 cm³/mol. The lowest BCUT2D eigenvalue weighted by Crippen LogP contribution is -2.17. The van der Waals surface area contributed by atoms with Crippen LogP contribution < -0.4 is 11.5 Å². The van der Waals surface area contributed by atoms with Crippen molar-refractivity contribution in [1.29, 1.82) is 0 Å². The summed E-state index contributed by atoms with van der Waals surface area (Å²) in [5, 5.41) is 0. The van der Waals surface area contributed by atoms with E-state index in [1.807, 2.05) is 12.1 Å². The summed E-state index contributed by atoms with van der Waals surface area (Å²) in [5.74, 6) is 1.02. The second kappa shape index (κ2) is 4.28. The summed E-state index contributed by atoms with van der Waals surface area (Å²) in [7, 11) is 0. The van der Waals surface area contributed by atoms with Gasteiger partial charge in [-0.25, -0.2) is 0 Å². The fraction of sp³-hybridized carbons (Fsp3) is 0.455. The molecule has 0 aliphatic rings.